The van der Waals surface area contributed by atoms with Gasteiger partial charge in [-0.05, 0) is 37.6 Å². The number of rotatable bonds is 3. The molecule has 2 N–H and O–H groups in total. The lowest BCUT2D eigenvalue weighted by atomic mass is 10.1. The molecule has 2 aromatic rings. The number of amides is 2. The molecule has 2 aromatic carbocycles. The highest BCUT2D eigenvalue weighted by molar-refractivity contribution is 8.00. The molecule has 2 amide bonds. The van der Waals surface area contributed by atoms with Crippen molar-refractivity contribution >= 4 is 29.3 Å². The van der Waals surface area contributed by atoms with E-state index in [4.69, 9.17) is 0 Å². The van der Waals surface area contributed by atoms with Crippen molar-refractivity contribution in [2.24, 2.45) is 0 Å². The molecular weight excluding hydrogens is 308 g/mol. The van der Waals surface area contributed by atoms with Crippen molar-refractivity contribution in [2.75, 3.05) is 5.32 Å². The van der Waals surface area contributed by atoms with Gasteiger partial charge in [0.15, 0.2) is 0 Å². The van der Waals surface area contributed by atoms with E-state index in [1.807, 2.05) is 44.2 Å². The first kappa shape index (κ1) is 15.6. The average Bonchev–Trinajstić information content (AvgIpc) is 2.53. The molecule has 3 rings (SSSR count). The molecule has 0 aliphatic carbocycles. The van der Waals surface area contributed by atoms with E-state index >= 15 is 0 Å². The van der Waals surface area contributed by atoms with Gasteiger partial charge in [0.25, 0.3) is 5.91 Å². The first-order chi connectivity index (χ1) is 11.0. The number of carbonyl (C=O) groups excluding carboxylic acids is 2. The Bertz CT molecular complexity index is 773. The summed E-state index contributed by atoms with van der Waals surface area (Å²) in [5.74, 6) is -0.174. The van der Waals surface area contributed by atoms with E-state index in [0.717, 1.165) is 10.5 Å². The maximum absolute atomic E-state index is 12.3. The number of carbonyl (C=O) groups is 2. The Morgan fingerprint density at radius 1 is 1.26 bits per heavy atom. The fourth-order valence-corrected chi connectivity index (χ4v) is 3.39. The summed E-state index contributed by atoms with van der Waals surface area (Å²) in [7, 11) is 0. The van der Waals surface area contributed by atoms with Gasteiger partial charge in [-0.25, -0.2) is 0 Å². The van der Waals surface area contributed by atoms with Crippen LogP contribution in [0.2, 0.25) is 0 Å². The third kappa shape index (κ3) is 3.56. The molecular formula is C18H18N2O2S. The number of fused-ring (bicyclic) bond motifs is 1. The van der Waals surface area contributed by atoms with Crippen LogP contribution in [0.25, 0.3) is 0 Å². The van der Waals surface area contributed by atoms with Crippen LogP contribution in [0.5, 0.6) is 0 Å². The van der Waals surface area contributed by atoms with Crippen LogP contribution in [-0.4, -0.2) is 17.1 Å². The van der Waals surface area contributed by atoms with Crippen LogP contribution in [0.1, 0.15) is 28.4 Å². The van der Waals surface area contributed by atoms with Crippen molar-refractivity contribution in [3.05, 3.63) is 59.2 Å². The van der Waals surface area contributed by atoms with E-state index in [1.54, 1.807) is 12.1 Å². The molecule has 0 aromatic heterocycles. The minimum atomic E-state index is -0.146. The third-order valence-corrected chi connectivity index (χ3v) is 4.89. The standard InChI is InChI=1S/C18H18N2O2S/c1-11-4-3-5-13(8-11)10-19-18(22)14-6-7-16-15(9-14)20-17(21)12(2)23-16/h3-9,12H,10H2,1-2H3,(H,19,22)(H,20,21). The molecule has 0 spiro atoms. The van der Waals surface area contributed by atoms with Crippen molar-refractivity contribution in [1.82, 2.24) is 5.32 Å². The molecule has 5 heteroatoms. The van der Waals surface area contributed by atoms with Gasteiger partial charge in [-0.3, -0.25) is 9.59 Å². The van der Waals surface area contributed by atoms with Crippen LogP contribution in [0.15, 0.2) is 47.4 Å². The Balaban J connectivity index is 1.71. The molecule has 118 valence electrons. The van der Waals surface area contributed by atoms with Crippen LogP contribution in [0, 0.1) is 6.92 Å². The summed E-state index contributed by atoms with van der Waals surface area (Å²) in [6.45, 7) is 4.37. The number of nitrogens with one attached hydrogen (secondary N) is 2. The Morgan fingerprint density at radius 3 is 2.87 bits per heavy atom. The molecule has 1 atom stereocenters. The summed E-state index contributed by atoms with van der Waals surface area (Å²) in [6, 6.07) is 13.4. The normalized spacial score (nSPS) is 16.4. The van der Waals surface area contributed by atoms with Crippen molar-refractivity contribution in [2.45, 2.75) is 30.5 Å². The quantitative estimate of drug-likeness (QED) is 0.909. The van der Waals surface area contributed by atoms with Crippen LogP contribution in [0.4, 0.5) is 5.69 Å². The zero-order chi connectivity index (χ0) is 16.4. The monoisotopic (exact) mass is 326 g/mol. The summed E-state index contributed by atoms with van der Waals surface area (Å²) in [5.41, 5.74) is 3.49. The van der Waals surface area contributed by atoms with E-state index in [0.29, 0.717) is 17.8 Å². The van der Waals surface area contributed by atoms with E-state index in [9.17, 15) is 9.59 Å². The van der Waals surface area contributed by atoms with Crippen molar-refractivity contribution < 1.29 is 9.59 Å². The van der Waals surface area contributed by atoms with Crippen LogP contribution < -0.4 is 10.6 Å². The summed E-state index contributed by atoms with van der Waals surface area (Å²) in [5, 5.41) is 5.65. The van der Waals surface area contributed by atoms with Gasteiger partial charge >= 0.3 is 0 Å². The largest absolute Gasteiger partial charge is 0.348 e. The Kier molecular flexibility index (Phi) is 4.39. The van der Waals surface area contributed by atoms with Gasteiger partial charge < -0.3 is 10.6 Å². The maximum Gasteiger partial charge on any atom is 0.251 e. The summed E-state index contributed by atoms with van der Waals surface area (Å²) in [4.78, 5) is 25.0. The van der Waals surface area contributed by atoms with E-state index in [1.165, 1.54) is 17.3 Å². The second kappa shape index (κ2) is 6.46. The fourth-order valence-electron chi connectivity index (χ4n) is 2.46. The van der Waals surface area contributed by atoms with Crippen molar-refractivity contribution in [1.29, 1.82) is 0 Å². The summed E-state index contributed by atoms with van der Waals surface area (Å²) in [6.07, 6.45) is 0. The van der Waals surface area contributed by atoms with Gasteiger partial charge in [0.05, 0.1) is 10.9 Å². The van der Waals surface area contributed by atoms with Crippen LogP contribution in [0.3, 0.4) is 0 Å². The number of hydrogen-bond donors (Lipinski definition) is 2. The average molecular weight is 326 g/mol. The summed E-state index contributed by atoms with van der Waals surface area (Å²) < 4.78 is 0. The maximum atomic E-state index is 12.3. The van der Waals surface area contributed by atoms with Gasteiger partial charge in [-0.2, -0.15) is 0 Å². The zero-order valence-corrected chi connectivity index (χ0v) is 13.9. The van der Waals surface area contributed by atoms with E-state index < -0.39 is 0 Å². The molecule has 0 bridgehead atoms. The smallest absolute Gasteiger partial charge is 0.251 e. The summed E-state index contributed by atoms with van der Waals surface area (Å²) >= 11 is 1.51. The highest BCUT2D eigenvalue weighted by Crippen LogP contribution is 2.35. The lowest BCUT2D eigenvalue weighted by molar-refractivity contribution is -0.115. The number of thioether (sulfide) groups is 1. The highest BCUT2D eigenvalue weighted by atomic mass is 32.2. The molecule has 1 aliphatic rings. The van der Waals surface area contributed by atoms with Crippen LogP contribution in [-0.2, 0) is 11.3 Å². The van der Waals surface area contributed by atoms with Crippen molar-refractivity contribution in [3.8, 4) is 0 Å². The number of aryl methyl sites for hydroxylation is 1. The SMILES string of the molecule is Cc1cccc(CNC(=O)c2ccc3c(c2)NC(=O)C(C)S3)c1. The number of hydrogen-bond acceptors (Lipinski definition) is 3. The molecule has 4 nitrogen and oxygen atoms in total. The first-order valence-electron chi connectivity index (χ1n) is 7.48. The lowest BCUT2D eigenvalue weighted by Crippen LogP contribution is -2.27. The molecule has 0 fully saturated rings. The van der Waals surface area contributed by atoms with Gasteiger partial charge in [-0.1, -0.05) is 29.8 Å². The highest BCUT2D eigenvalue weighted by Gasteiger charge is 2.23. The van der Waals surface area contributed by atoms with Crippen molar-refractivity contribution in [3.63, 3.8) is 0 Å². The topological polar surface area (TPSA) is 58.2 Å². The molecule has 1 unspecified atom stereocenters. The van der Waals surface area contributed by atoms with Gasteiger partial charge in [0, 0.05) is 17.0 Å². The number of anilines is 1. The molecule has 1 heterocycles. The lowest BCUT2D eigenvalue weighted by Gasteiger charge is -2.21. The second-order valence-corrected chi connectivity index (χ2v) is 7.01. The Hall–Kier alpha value is -2.27. The van der Waals surface area contributed by atoms with E-state index in [-0.39, 0.29) is 17.1 Å². The zero-order valence-electron chi connectivity index (χ0n) is 13.1. The molecule has 0 saturated heterocycles. The third-order valence-electron chi connectivity index (χ3n) is 3.71. The first-order valence-corrected chi connectivity index (χ1v) is 8.36. The molecule has 23 heavy (non-hydrogen) atoms. The van der Waals surface area contributed by atoms with E-state index in [2.05, 4.69) is 10.6 Å². The second-order valence-electron chi connectivity index (χ2n) is 5.63. The number of benzene rings is 2. The van der Waals surface area contributed by atoms with Crippen LogP contribution >= 0.6 is 11.8 Å². The minimum absolute atomic E-state index is 0.0279. The fraction of sp³-hybridized carbons (Fsp3) is 0.222. The van der Waals surface area contributed by atoms with Gasteiger partial charge in [-0.15, -0.1) is 11.8 Å². The molecule has 1 aliphatic heterocycles. The Morgan fingerprint density at radius 2 is 2.09 bits per heavy atom. The predicted molar refractivity (Wildman–Crippen MR) is 92.7 cm³/mol. The molecule has 0 saturated carbocycles. The minimum Gasteiger partial charge on any atom is -0.348 e. The van der Waals surface area contributed by atoms with Gasteiger partial charge in [0.1, 0.15) is 0 Å². The molecule has 0 radical (unpaired) electrons. The van der Waals surface area contributed by atoms with Gasteiger partial charge in [0.2, 0.25) is 5.91 Å². The Labute approximate surface area is 139 Å². The predicted octanol–water partition coefficient (Wildman–Crippen LogP) is 3.36.